The Kier molecular flexibility index (Phi) is 7.68. The van der Waals surface area contributed by atoms with Crippen LogP contribution in [0.2, 0.25) is 0 Å². The van der Waals surface area contributed by atoms with Crippen molar-refractivity contribution >= 4 is 22.6 Å². The molecule has 0 aromatic heterocycles. The van der Waals surface area contributed by atoms with Crippen molar-refractivity contribution in [2.45, 2.75) is 102 Å². The van der Waals surface area contributed by atoms with Crippen molar-refractivity contribution in [1.82, 2.24) is 0 Å². The molecule has 0 aromatic carbocycles. The van der Waals surface area contributed by atoms with E-state index in [1.165, 1.54) is 57.8 Å². The maximum atomic E-state index is 6.36. The second-order valence-corrected chi connectivity index (χ2v) is 13.0. The Hall–Kier alpha value is 0.170. The third kappa shape index (κ3) is 4.54. The van der Waals surface area contributed by atoms with E-state index >= 15 is 0 Å². The molecule has 0 aromatic rings. The molecule has 2 saturated carbocycles. The number of hydrogen-bond donors (Lipinski definition) is 1. The third-order valence-corrected chi connectivity index (χ3v) is 11.5. The molecular formula is C27H46IN. The lowest BCUT2D eigenvalue weighted by atomic mass is 9.49. The Balaban J connectivity index is 1.80. The first kappa shape index (κ1) is 23.8. The topological polar surface area (TPSA) is 26.0 Å². The van der Waals surface area contributed by atoms with Crippen LogP contribution in [0, 0.1) is 40.4 Å². The fourth-order valence-electron chi connectivity index (χ4n) is 7.30. The molecule has 0 radical (unpaired) electrons. The Morgan fingerprint density at radius 3 is 2.59 bits per heavy atom. The van der Waals surface area contributed by atoms with Gasteiger partial charge in [0.2, 0.25) is 0 Å². The second kappa shape index (κ2) is 9.35. The molecule has 3 rings (SSSR count). The molecule has 2 N–H and O–H groups in total. The van der Waals surface area contributed by atoms with Gasteiger partial charge < -0.3 is 5.73 Å². The normalized spacial score (nSPS) is 41.9. The molecule has 3 aliphatic rings. The van der Waals surface area contributed by atoms with E-state index in [0.29, 0.717) is 26.7 Å². The summed E-state index contributed by atoms with van der Waals surface area (Å²) < 4.78 is 0.712. The summed E-state index contributed by atoms with van der Waals surface area (Å²) in [6.45, 7) is 16.7. The van der Waals surface area contributed by atoms with Crippen LogP contribution in [0.25, 0.3) is 0 Å². The number of nitrogens with two attached hydrogens (primary N) is 1. The molecule has 3 aliphatic carbocycles. The van der Waals surface area contributed by atoms with Gasteiger partial charge in [-0.2, -0.15) is 0 Å². The number of alkyl halides is 1. The van der Waals surface area contributed by atoms with Crippen LogP contribution in [0.1, 0.15) is 92.4 Å². The second-order valence-electron chi connectivity index (χ2n) is 11.7. The summed E-state index contributed by atoms with van der Waals surface area (Å²) in [7, 11) is 0. The summed E-state index contributed by atoms with van der Waals surface area (Å²) in [6, 6.07) is 0.436. The molecule has 2 fully saturated rings. The number of rotatable bonds is 7. The van der Waals surface area contributed by atoms with Crippen LogP contribution >= 0.6 is 22.6 Å². The lowest BCUT2D eigenvalue weighted by molar-refractivity contribution is 0.0542. The standard InChI is InChI=1S/C27H46IN/c1-7-23(19(4)10-8-9-18(2)3)27(6)16-14-24-22(25(27)28)12-11-20-17-21(29)13-15-26(20,24)5/h7,14,18-23,25H,1,8-13,15-17,29H2,2-6H3. The van der Waals surface area contributed by atoms with Crippen LogP contribution in [0.4, 0.5) is 0 Å². The third-order valence-electron chi connectivity index (χ3n) is 9.22. The summed E-state index contributed by atoms with van der Waals surface area (Å²) in [5.74, 6) is 3.72. The minimum absolute atomic E-state index is 0.335. The van der Waals surface area contributed by atoms with Gasteiger partial charge in [0.25, 0.3) is 0 Å². The minimum Gasteiger partial charge on any atom is -0.328 e. The summed E-state index contributed by atoms with van der Waals surface area (Å²) in [6.07, 6.45) is 16.8. The summed E-state index contributed by atoms with van der Waals surface area (Å²) in [5.41, 5.74) is 8.92. The predicted molar refractivity (Wildman–Crippen MR) is 136 cm³/mol. The van der Waals surface area contributed by atoms with Gasteiger partial charge in [-0.1, -0.05) is 94.2 Å². The molecule has 0 aliphatic heterocycles. The van der Waals surface area contributed by atoms with Crippen LogP contribution in [-0.2, 0) is 0 Å². The van der Waals surface area contributed by atoms with Crippen molar-refractivity contribution in [1.29, 1.82) is 0 Å². The fourth-order valence-corrected chi connectivity index (χ4v) is 8.72. The Labute approximate surface area is 194 Å². The van der Waals surface area contributed by atoms with Crippen LogP contribution in [0.3, 0.4) is 0 Å². The van der Waals surface area contributed by atoms with Gasteiger partial charge in [-0.15, -0.1) is 6.58 Å². The van der Waals surface area contributed by atoms with Gasteiger partial charge in [0.05, 0.1) is 0 Å². The summed E-state index contributed by atoms with van der Waals surface area (Å²) >= 11 is 2.85. The molecule has 29 heavy (non-hydrogen) atoms. The SMILES string of the molecule is C=CC(C(C)CCCC(C)C)C1(C)CC=C2C(CCC3CC(N)CCC23C)C1I. The van der Waals surface area contributed by atoms with Gasteiger partial charge >= 0.3 is 0 Å². The highest BCUT2D eigenvalue weighted by atomic mass is 127. The first-order chi connectivity index (χ1) is 13.6. The highest BCUT2D eigenvalue weighted by Crippen LogP contribution is 2.62. The molecule has 1 nitrogen and oxygen atoms in total. The zero-order chi connectivity index (χ0) is 21.4. The van der Waals surface area contributed by atoms with Gasteiger partial charge in [-0.3, -0.25) is 0 Å². The van der Waals surface area contributed by atoms with Crippen molar-refractivity contribution in [3.8, 4) is 0 Å². The molecule has 0 saturated heterocycles. The Morgan fingerprint density at radius 1 is 1.21 bits per heavy atom. The smallest absolute Gasteiger partial charge is 0.0238 e. The molecule has 2 heteroatoms. The predicted octanol–water partition coefficient (Wildman–Crippen LogP) is 7.93. The largest absolute Gasteiger partial charge is 0.328 e. The average molecular weight is 512 g/mol. The summed E-state index contributed by atoms with van der Waals surface area (Å²) in [5, 5.41) is 0. The molecule has 0 heterocycles. The molecular weight excluding hydrogens is 465 g/mol. The first-order valence-corrected chi connectivity index (χ1v) is 13.6. The minimum atomic E-state index is 0.335. The molecule has 0 bridgehead atoms. The zero-order valence-corrected chi connectivity index (χ0v) is 21.9. The van der Waals surface area contributed by atoms with E-state index < -0.39 is 0 Å². The maximum Gasteiger partial charge on any atom is 0.0238 e. The van der Waals surface area contributed by atoms with Crippen LogP contribution in [-0.4, -0.2) is 9.97 Å². The van der Waals surface area contributed by atoms with Gasteiger partial charge in [-0.25, -0.2) is 0 Å². The average Bonchev–Trinajstić information content (AvgIpc) is 2.65. The van der Waals surface area contributed by atoms with Crippen molar-refractivity contribution in [2.75, 3.05) is 0 Å². The highest BCUT2D eigenvalue weighted by molar-refractivity contribution is 14.1. The quantitative estimate of drug-likeness (QED) is 0.210. The van der Waals surface area contributed by atoms with Crippen LogP contribution in [0.5, 0.6) is 0 Å². The van der Waals surface area contributed by atoms with E-state index in [-0.39, 0.29) is 0 Å². The lowest BCUT2D eigenvalue weighted by Gasteiger charge is -2.57. The molecule has 8 atom stereocenters. The monoisotopic (exact) mass is 511 g/mol. The van der Waals surface area contributed by atoms with Crippen molar-refractivity contribution in [3.05, 3.63) is 24.3 Å². The molecule has 0 amide bonds. The van der Waals surface area contributed by atoms with Gasteiger partial charge in [0.1, 0.15) is 0 Å². The zero-order valence-electron chi connectivity index (χ0n) is 19.7. The van der Waals surface area contributed by atoms with E-state index in [0.717, 1.165) is 23.7 Å². The van der Waals surface area contributed by atoms with E-state index in [1.807, 2.05) is 5.57 Å². The first-order valence-electron chi connectivity index (χ1n) is 12.4. The van der Waals surface area contributed by atoms with Crippen molar-refractivity contribution in [2.24, 2.45) is 46.2 Å². The van der Waals surface area contributed by atoms with Crippen LogP contribution in [0.15, 0.2) is 24.3 Å². The van der Waals surface area contributed by atoms with Crippen LogP contribution < -0.4 is 5.73 Å². The van der Waals surface area contributed by atoms with E-state index in [4.69, 9.17) is 5.73 Å². The Morgan fingerprint density at radius 2 is 1.93 bits per heavy atom. The highest BCUT2D eigenvalue weighted by Gasteiger charge is 2.54. The molecule has 166 valence electrons. The van der Waals surface area contributed by atoms with Gasteiger partial charge in [0, 0.05) is 9.97 Å². The van der Waals surface area contributed by atoms with E-state index in [2.05, 4.69) is 75.9 Å². The van der Waals surface area contributed by atoms with Crippen molar-refractivity contribution < 1.29 is 0 Å². The maximum absolute atomic E-state index is 6.36. The Bertz CT molecular complexity index is 610. The molecule has 8 unspecified atom stereocenters. The lowest BCUT2D eigenvalue weighted by Crippen LogP contribution is -2.52. The van der Waals surface area contributed by atoms with E-state index in [1.54, 1.807) is 0 Å². The number of hydrogen-bond acceptors (Lipinski definition) is 1. The van der Waals surface area contributed by atoms with Gasteiger partial charge in [0.15, 0.2) is 0 Å². The number of halogens is 1. The van der Waals surface area contributed by atoms with E-state index in [9.17, 15) is 0 Å². The number of fused-ring (bicyclic) bond motifs is 3. The summed E-state index contributed by atoms with van der Waals surface area (Å²) in [4.78, 5) is 0. The van der Waals surface area contributed by atoms with Crippen molar-refractivity contribution in [3.63, 3.8) is 0 Å². The van der Waals surface area contributed by atoms with Gasteiger partial charge in [-0.05, 0) is 78.9 Å². The molecule has 0 spiro atoms. The number of allylic oxidation sites excluding steroid dienone is 3. The fraction of sp³-hybridized carbons (Fsp3) is 0.852.